The number of hydrogen-bond donors (Lipinski definition) is 0. The van der Waals surface area contributed by atoms with E-state index in [0.717, 1.165) is 18.4 Å². The summed E-state index contributed by atoms with van der Waals surface area (Å²) in [6.07, 6.45) is 3.51. The second kappa shape index (κ2) is 7.43. The van der Waals surface area contributed by atoms with E-state index in [0.29, 0.717) is 46.5 Å². The van der Waals surface area contributed by atoms with Gasteiger partial charge in [-0.3, -0.25) is 9.10 Å². The van der Waals surface area contributed by atoms with Gasteiger partial charge >= 0.3 is 0 Å². The third kappa shape index (κ3) is 3.56. The smallest absolute Gasteiger partial charge is 0.257 e. The second-order valence-corrected chi connectivity index (χ2v) is 9.69. The van der Waals surface area contributed by atoms with Gasteiger partial charge in [-0.05, 0) is 55.2 Å². The fourth-order valence-corrected chi connectivity index (χ4v) is 4.87. The molecule has 0 fully saturated rings. The number of fused-ring (bicyclic) bond motifs is 2. The van der Waals surface area contributed by atoms with Crippen molar-refractivity contribution in [2.75, 3.05) is 31.2 Å². The summed E-state index contributed by atoms with van der Waals surface area (Å²) in [7, 11) is -0.132. The molecule has 1 amide bonds. The van der Waals surface area contributed by atoms with Crippen molar-refractivity contribution in [3.05, 3.63) is 53.3 Å². The number of aryl methyl sites for hydroxylation is 1. The highest BCUT2D eigenvalue weighted by Crippen LogP contribution is 2.39. The van der Waals surface area contributed by atoms with Crippen LogP contribution in [0.5, 0.6) is 0 Å². The number of benzene rings is 2. The summed E-state index contributed by atoms with van der Waals surface area (Å²) in [4.78, 5) is 14.5. The number of nitrogens with zero attached hydrogens (tertiary/aromatic N) is 2. The molecule has 0 radical (unpaired) electrons. The number of furan rings is 1. The lowest BCUT2D eigenvalue weighted by Crippen LogP contribution is -2.30. The molecule has 3 aromatic rings. The molecule has 4 rings (SSSR count). The average Bonchev–Trinajstić information content (AvgIpc) is 2.90. The van der Waals surface area contributed by atoms with Gasteiger partial charge in [-0.2, -0.15) is 0 Å². The van der Waals surface area contributed by atoms with Crippen LogP contribution in [0.25, 0.3) is 22.3 Å². The Labute approximate surface area is 174 Å². The lowest BCUT2D eigenvalue weighted by molar-refractivity contribution is 0.0829. The van der Waals surface area contributed by atoms with Crippen LogP contribution in [0.1, 0.15) is 28.8 Å². The quantitative estimate of drug-likeness (QED) is 0.629. The molecule has 0 saturated carbocycles. The first-order valence-electron chi connectivity index (χ1n) is 9.71. The highest BCUT2D eigenvalue weighted by atomic mass is 32.2. The maximum absolute atomic E-state index is 13.4. The summed E-state index contributed by atoms with van der Waals surface area (Å²) in [6.45, 7) is 0.409. The summed E-state index contributed by atoms with van der Waals surface area (Å²) in [5, 5.41) is 0.627. The van der Waals surface area contributed by atoms with Crippen LogP contribution in [-0.4, -0.2) is 46.1 Å². The van der Waals surface area contributed by atoms with Crippen LogP contribution < -0.4 is 4.31 Å². The van der Waals surface area contributed by atoms with E-state index in [1.165, 1.54) is 27.6 Å². The fourth-order valence-electron chi connectivity index (χ4n) is 3.89. The molecule has 6 nitrogen and oxygen atoms in total. The predicted molar refractivity (Wildman–Crippen MR) is 115 cm³/mol. The number of halogens is 1. The molecular weight excluding hydrogens is 407 g/mol. The second-order valence-electron chi connectivity index (χ2n) is 7.78. The Hall–Kier alpha value is -2.87. The van der Waals surface area contributed by atoms with Crippen LogP contribution in [0, 0.1) is 5.82 Å². The van der Waals surface area contributed by atoms with Gasteiger partial charge in [-0.15, -0.1) is 0 Å². The van der Waals surface area contributed by atoms with Crippen LogP contribution in [0.4, 0.5) is 10.1 Å². The van der Waals surface area contributed by atoms with E-state index in [2.05, 4.69) is 0 Å². The van der Waals surface area contributed by atoms with Crippen LogP contribution >= 0.6 is 0 Å². The van der Waals surface area contributed by atoms with Crippen molar-refractivity contribution in [2.24, 2.45) is 0 Å². The summed E-state index contributed by atoms with van der Waals surface area (Å²) in [5.41, 5.74) is 2.84. The molecule has 0 bridgehead atoms. The SMILES string of the molecule is CN(C)C(=O)c1c(-c2ccc(F)cc2)oc2cc3c(cc12)CCCCN3S(C)(=O)=O. The molecule has 0 unspecified atom stereocenters. The van der Waals surface area contributed by atoms with E-state index >= 15 is 0 Å². The van der Waals surface area contributed by atoms with Gasteiger partial charge in [0.2, 0.25) is 10.0 Å². The predicted octanol–water partition coefficient (Wildman–Crippen LogP) is 4.04. The summed E-state index contributed by atoms with van der Waals surface area (Å²) in [6, 6.07) is 9.32. The Morgan fingerprint density at radius 3 is 2.47 bits per heavy atom. The third-order valence-corrected chi connectivity index (χ3v) is 6.52. The zero-order chi connectivity index (χ0) is 21.6. The standard InChI is InChI=1S/C22H23FN2O4S/c1-24(2)22(26)20-17-12-15-6-4-5-11-25(30(3,27)28)18(15)13-19(17)29-21(20)14-7-9-16(23)10-8-14/h7-10,12-13H,4-6,11H2,1-3H3. The molecule has 0 spiro atoms. The van der Waals surface area contributed by atoms with Crippen molar-refractivity contribution in [1.29, 1.82) is 0 Å². The number of carbonyl (C=O) groups excluding carboxylic acids is 1. The summed E-state index contributed by atoms with van der Waals surface area (Å²) in [5.74, 6) is -0.276. The number of hydrogen-bond acceptors (Lipinski definition) is 4. The number of sulfonamides is 1. The molecule has 158 valence electrons. The van der Waals surface area contributed by atoms with Crippen LogP contribution in [0.3, 0.4) is 0 Å². The van der Waals surface area contributed by atoms with Crippen LogP contribution in [0.2, 0.25) is 0 Å². The van der Waals surface area contributed by atoms with Crippen molar-refractivity contribution in [2.45, 2.75) is 19.3 Å². The van der Waals surface area contributed by atoms with Crippen LogP contribution in [-0.2, 0) is 16.4 Å². The van der Waals surface area contributed by atoms with Gasteiger partial charge in [0.1, 0.15) is 17.2 Å². The van der Waals surface area contributed by atoms with E-state index in [4.69, 9.17) is 4.42 Å². The Morgan fingerprint density at radius 1 is 1.13 bits per heavy atom. The molecule has 0 aliphatic carbocycles. The van der Waals surface area contributed by atoms with Crippen LogP contribution in [0.15, 0.2) is 40.8 Å². The molecule has 0 atom stereocenters. The first kappa shape index (κ1) is 20.4. The number of carbonyl (C=O) groups is 1. The summed E-state index contributed by atoms with van der Waals surface area (Å²) >= 11 is 0. The van der Waals surface area contributed by atoms with E-state index in [-0.39, 0.29) is 11.7 Å². The van der Waals surface area contributed by atoms with Crippen molar-refractivity contribution in [3.63, 3.8) is 0 Å². The molecule has 1 aromatic heterocycles. The summed E-state index contributed by atoms with van der Waals surface area (Å²) < 4.78 is 45.6. The molecule has 0 N–H and O–H groups in total. The maximum Gasteiger partial charge on any atom is 0.257 e. The van der Waals surface area contributed by atoms with E-state index in [1.807, 2.05) is 6.07 Å². The fraction of sp³-hybridized carbons (Fsp3) is 0.318. The highest BCUT2D eigenvalue weighted by molar-refractivity contribution is 7.92. The largest absolute Gasteiger partial charge is 0.455 e. The molecule has 1 aliphatic rings. The zero-order valence-corrected chi connectivity index (χ0v) is 17.9. The lowest BCUT2D eigenvalue weighted by atomic mass is 10.0. The topological polar surface area (TPSA) is 70.8 Å². The van der Waals surface area contributed by atoms with E-state index in [1.54, 1.807) is 32.3 Å². The van der Waals surface area contributed by atoms with Gasteiger partial charge in [0.25, 0.3) is 5.91 Å². The minimum Gasteiger partial charge on any atom is -0.455 e. The monoisotopic (exact) mass is 430 g/mol. The Bertz CT molecular complexity index is 1230. The third-order valence-electron chi connectivity index (χ3n) is 5.34. The van der Waals surface area contributed by atoms with Crippen molar-refractivity contribution >= 4 is 32.6 Å². The van der Waals surface area contributed by atoms with E-state index < -0.39 is 10.0 Å². The first-order chi connectivity index (χ1) is 14.2. The van der Waals surface area contributed by atoms with Crippen molar-refractivity contribution in [1.82, 2.24) is 4.90 Å². The van der Waals surface area contributed by atoms with Gasteiger partial charge < -0.3 is 9.32 Å². The molecule has 2 heterocycles. The molecule has 30 heavy (non-hydrogen) atoms. The van der Waals surface area contributed by atoms with Gasteiger partial charge in [0, 0.05) is 37.7 Å². The van der Waals surface area contributed by atoms with E-state index in [9.17, 15) is 17.6 Å². The zero-order valence-electron chi connectivity index (χ0n) is 17.1. The minimum atomic E-state index is -3.45. The molecule has 2 aromatic carbocycles. The van der Waals surface area contributed by atoms with Crippen molar-refractivity contribution < 1.29 is 22.0 Å². The van der Waals surface area contributed by atoms with Gasteiger partial charge in [0.05, 0.1) is 17.5 Å². The number of anilines is 1. The average molecular weight is 431 g/mol. The molecule has 0 saturated heterocycles. The van der Waals surface area contributed by atoms with Gasteiger partial charge in [-0.1, -0.05) is 0 Å². The minimum absolute atomic E-state index is 0.235. The highest BCUT2D eigenvalue weighted by Gasteiger charge is 2.28. The molecular formula is C22H23FN2O4S. The Morgan fingerprint density at radius 2 is 1.83 bits per heavy atom. The number of rotatable bonds is 3. The van der Waals surface area contributed by atoms with Crippen molar-refractivity contribution in [3.8, 4) is 11.3 Å². The number of amides is 1. The maximum atomic E-state index is 13.4. The molecule has 1 aliphatic heterocycles. The Balaban J connectivity index is 2.01. The normalized spacial score (nSPS) is 14.5. The lowest BCUT2D eigenvalue weighted by Gasteiger charge is -2.22. The molecule has 8 heteroatoms. The van der Waals surface area contributed by atoms with Gasteiger partial charge in [0.15, 0.2) is 0 Å². The van der Waals surface area contributed by atoms with Gasteiger partial charge in [-0.25, -0.2) is 12.8 Å². The first-order valence-corrected chi connectivity index (χ1v) is 11.6. The Kier molecular flexibility index (Phi) is 5.05.